The van der Waals surface area contributed by atoms with E-state index in [-0.39, 0.29) is 17.1 Å². The molecule has 0 aliphatic carbocycles. The second-order valence-corrected chi connectivity index (χ2v) is 5.59. The zero-order chi connectivity index (χ0) is 17.8. The number of carbonyl (C=O) groups is 1. The molecule has 0 radical (unpaired) electrons. The first-order valence-corrected chi connectivity index (χ1v) is 7.91. The number of halogens is 1. The molecule has 128 valence electrons. The second-order valence-electron chi connectivity index (χ2n) is 5.59. The highest BCUT2D eigenvalue weighted by molar-refractivity contribution is 6.07. The number of H-pyrrole nitrogens is 1. The van der Waals surface area contributed by atoms with Crippen LogP contribution in [0.1, 0.15) is 29.4 Å². The lowest BCUT2D eigenvalue weighted by molar-refractivity contribution is 0.0963. The molecule has 2 aromatic carbocycles. The molecule has 3 N–H and O–H groups in total. The van der Waals surface area contributed by atoms with Crippen LogP contribution in [0.2, 0.25) is 0 Å². The Balaban J connectivity index is 1.83. The largest absolute Gasteiger partial charge is 0.291 e. The molecule has 7 heteroatoms. The standard InChI is InChI=1S/C18H17FN4O2/c1-2-5-13-10-16(24)21-18(20-13)23-22-17(25)15-9-12(19)8-11-6-3-4-7-14(11)15/h3-4,6-10H,2,5H2,1H3,(H,22,25)(H2,20,21,23,24). The Kier molecular flexibility index (Phi) is 4.74. The zero-order valence-corrected chi connectivity index (χ0v) is 13.6. The minimum atomic E-state index is -0.528. The zero-order valence-electron chi connectivity index (χ0n) is 13.6. The highest BCUT2D eigenvalue weighted by Gasteiger charge is 2.12. The molecule has 0 saturated heterocycles. The van der Waals surface area contributed by atoms with Crippen LogP contribution >= 0.6 is 0 Å². The molecule has 1 heterocycles. The van der Waals surface area contributed by atoms with E-state index in [1.807, 2.05) is 6.92 Å². The summed E-state index contributed by atoms with van der Waals surface area (Å²) < 4.78 is 13.8. The number of hydrazine groups is 1. The molecule has 0 fully saturated rings. The third-order valence-corrected chi connectivity index (χ3v) is 3.67. The quantitative estimate of drug-likeness (QED) is 0.623. The summed E-state index contributed by atoms with van der Waals surface area (Å²) in [6.45, 7) is 1.98. The van der Waals surface area contributed by atoms with Crippen molar-refractivity contribution in [2.45, 2.75) is 19.8 Å². The molecule has 1 amide bonds. The highest BCUT2D eigenvalue weighted by Crippen LogP contribution is 2.20. The van der Waals surface area contributed by atoms with Gasteiger partial charge in [-0.2, -0.15) is 0 Å². The minimum absolute atomic E-state index is 0.130. The number of rotatable bonds is 5. The Morgan fingerprint density at radius 1 is 1.24 bits per heavy atom. The summed E-state index contributed by atoms with van der Waals surface area (Å²) >= 11 is 0. The number of nitrogens with zero attached hydrogens (tertiary/aromatic N) is 1. The van der Waals surface area contributed by atoms with Crippen LogP contribution in [0.25, 0.3) is 10.8 Å². The van der Waals surface area contributed by atoms with E-state index in [0.717, 1.165) is 6.42 Å². The third-order valence-electron chi connectivity index (χ3n) is 3.67. The molecule has 6 nitrogen and oxygen atoms in total. The summed E-state index contributed by atoms with van der Waals surface area (Å²) in [6, 6.07) is 11.0. The van der Waals surface area contributed by atoms with Crippen molar-refractivity contribution in [1.82, 2.24) is 15.4 Å². The van der Waals surface area contributed by atoms with Gasteiger partial charge in [-0.1, -0.05) is 37.6 Å². The second kappa shape index (κ2) is 7.12. The van der Waals surface area contributed by atoms with Gasteiger partial charge < -0.3 is 0 Å². The van der Waals surface area contributed by atoms with E-state index in [2.05, 4.69) is 20.8 Å². The molecular weight excluding hydrogens is 323 g/mol. The maximum atomic E-state index is 13.8. The van der Waals surface area contributed by atoms with Crippen LogP contribution in [0.4, 0.5) is 10.3 Å². The van der Waals surface area contributed by atoms with Gasteiger partial charge in [0.15, 0.2) is 0 Å². The van der Waals surface area contributed by atoms with Gasteiger partial charge >= 0.3 is 0 Å². The van der Waals surface area contributed by atoms with Crippen LogP contribution in [-0.4, -0.2) is 15.9 Å². The van der Waals surface area contributed by atoms with E-state index >= 15 is 0 Å². The van der Waals surface area contributed by atoms with Gasteiger partial charge in [0.25, 0.3) is 11.5 Å². The molecule has 1 aromatic heterocycles. The van der Waals surface area contributed by atoms with Gasteiger partial charge in [-0.05, 0) is 29.3 Å². The number of hydrogen-bond acceptors (Lipinski definition) is 4. The first kappa shape index (κ1) is 16.6. The van der Waals surface area contributed by atoms with Gasteiger partial charge in [-0.15, -0.1) is 0 Å². The van der Waals surface area contributed by atoms with Crippen molar-refractivity contribution in [2.24, 2.45) is 0 Å². The molecule has 25 heavy (non-hydrogen) atoms. The summed E-state index contributed by atoms with van der Waals surface area (Å²) in [5.41, 5.74) is 5.52. The number of aryl methyl sites for hydroxylation is 1. The van der Waals surface area contributed by atoms with Crippen molar-refractivity contribution in [1.29, 1.82) is 0 Å². The Morgan fingerprint density at radius 3 is 2.84 bits per heavy atom. The van der Waals surface area contributed by atoms with Gasteiger partial charge in [-0.25, -0.2) is 9.37 Å². The van der Waals surface area contributed by atoms with Crippen LogP contribution in [-0.2, 0) is 6.42 Å². The van der Waals surface area contributed by atoms with Gasteiger partial charge in [0.2, 0.25) is 5.95 Å². The maximum Gasteiger partial charge on any atom is 0.270 e. The Bertz CT molecular complexity index is 984. The first-order chi connectivity index (χ1) is 12.1. The van der Waals surface area contributed by atoms with Crippen LogP contribution in [0, 0.1) is 5.82 Å². The predicted octanol–water partition coefficient (Wildman–Crippen LogP) is 2.77. The average molecular weight is 340 g/mol. The van der Waals surface area contributed by atoms with Gasteiger partial charge in [0.1, 0.15) is 5.82 Å². The van der Waals surface area contributed by atoms with Crippen molar-refractivity contribution < 1.29 is 9.18 Å². The summed E-state index contributed by atoms with van der Waals surface area (Å²) in [5.74, 6) is -0.899. The van der Waals surface area contributed by atoms with Gasteiger partial charge in [0.05, 0.1) is 5.56 Å². The molecule has 3 aromatic rings. The lowest BCUT2D eigenvalue weighted by atomic mass is 10.0. The summed E-state index contributed by atoms with van der Waals surface area (Å²) in [6.07, 6.45) is 1.50. The predicted molar refractivity (Wildman–Crippen MR) is 93.8 cm³/mol. The summed E-state index contributed by atoms with van der Waals surface area (Å²) in [5, 5.41) is 1.26. The number of fused-ring (bicyclic) bond motifs is 1. The van der Waals surface area contributed by atoms with Gasteiger partial charge in [-0.3, -0.25) is 25.4 Å². The monoisotopic (exact) mass is 340 g/mol. The summed E-state index contributed by atoms with van der Waals surface area (Å²) in [4.78, 5) is 30.8. The number of anilines is 1. The topological polar surface area (TPSA) is 86.9 Å². The fourth-order valence-electron chi connectivity index (χ4n) is 2.60. The molecule has 0 spiro atoms. The third kappa shape index (κ3) is 3.82. The van der Waals surface area contributed by atoms with Crippen molar-refractivity contribution in [3.63, 3.8) is 0 Å². The summed E-state index contributed by atoms with van der Waals surface area (Å²) in [7, 11) is 0. The van der Waals surface area contributed by atoms with E-state index in [1.54, 1.807) is 24.3 Å². The molecular formula is C18H17FN4O2. The number of amides is 1. The van der Waals surface area contributed by atoms with Crippen molar-refractivity contribution >= 4 is 22.6 Å². The Labute approximate surface area is 143 Å². The van der Waals surface area contributed by atoms with E-state index in [9.17, 15) is 14.0 Å². The van der Waals surface area contributed by atoms with Crippen LogP contribution in [0.3, 0.4) is 0 Å². The number of nitrogens with one attached hydrogen (secondary N) is 3. The highest BCUT2D eigenvalue weighted by atomic mass is 19.1. The van der Waals surface area contributed by atoms with E-state index < -0.39 is 11.7 Å². The first-order valence-electron chi connectivity index (χ1n) is 7.91. The van der Waals surface area contributed by atoms with E-state index in [1.165, 1.54) is 18.2 Å². The number of aromatic nitrogens is 2. The molecule has 0 aliphatic rings. The number of hydrogen-bond donors (Lipinski definition) is 3. The number of aromatic amines is 1. The molecule has 0 bridgehead atoms. The Hall–Kier alpha value is -3.22. The normalized spacial score (nSPS) is 10.6. The maximum absolute atomic E-state index is 13.8. The lowest BCUT2D eigenvalue weighted by Gasteiger charge is -2.10. The lowest BCUT2D eigenvalue weighted by Crippen LogP contribution is -2.31. The molecule has 0 aliphatic heterocycles. The molecule has 0 unspecified atom stereocenters. The minimum Gasteiger partial charge on any atom is -0.291 e. The molecule has 3 rings (SSSR count). The average Bonchev–Trinajstić information content (AvgIpc) is 2.58. The van der Waals surface area contributed by atoms with Gasteiger partial charge in [0, 0.05) is 11.8 Å². The Morgan fingerprint density at radius 2 is 2.04 bits per heavy atom. The van der Waals surface area contributed by atoms with Crippen LogP contribution < -0.4 is 16.4 Å². The fourth-order valence-corrected chi connectivity index (χ4v) is 2.60. The molecule has 0 atom stereocenters. The SMILES string of the molecule is CCCc1cc(=O)[nH]c(NNC(=O)c2cc(F)cc3ccccc23)n1. The van der Waals surface area contributed by atoms with Crippen LogP contribution in [0.5, 0.6) is 0 Å². The van der Waals surface area contributed by atoms with Crippen LogP contribution in [0.15, 0.2) is 47.3 Å². The van der Waals surface area contributed by atoms with Crippen molar-refractivity contribution in [2.75, 3.05) is 5.43 Å². The van der Waals surface area contributed by atoms with E-state index in [4.69, 9.17) is 0 Å². The fraction of sp³-hybridized carbons (Fsp3) is 0.167. The van der Waals surface area contributed by atoms with Crippen molar-refractivity contribution in [3.05, 3.63) is 69.9 Å². The molecule has 0 saturated carbocycles. The number of benzene rings is 2. The smallest absolute Gasteiger partial charge is 0.270 e. The van der Waals surface area contributed by atoms with Crippen molar-refractivity contribution in [3.8, 4) is 0 Å². The number of carbonyl (C=O) groups excluding carboxylic acids is 1. The van der Waals surface area contributed by atoms with E-state index in [0.29, 0.717) is 22.9 Å².